The minimum Gasteiger partial charge on any atom is -0.476 e. The summed E-state index contributed by atoms with van der Waals surface area (Å²) in [5.74, 6) is -1.20. The van der Waals surface area contributed by atoms with Crippen molar-refractivity contribution in [3.63, 3.8) is 0 Å². The lowest BCUT2D eigenvalue weighted by Crippen LogP contribution is -2.47. The maximum atomic E-state index is 12.9. The molecule has 3 aromatic rings. The van der Waals surface area contributed by atoms with Gasteiger partial charge in [-0.2, -0.15) is 5.10 Å². The van der Waals surface area contributed by atoms with Crippen LogP contribution in [0.4, 0.5) is 0 Å². The van der Waals surface area contributed by atoms with Crippen molar-refractivity contribution in [1.82, 2.24) is 15.1 Å². The molecule has 8 nitrogen and oxygen atoms in total. The van der Waals surface area contributed by atoms with Crippen LogP contribution in [0, 0.1) is 3.57 Å². The molecule has 1 saturated carbocycles. The van der Waals surface area contributed by atoms with Gasteiger partial charge in [0.15, 0.2) is 5.69 Å². The van der Waals surface area contributed by atoms with Crippen molar-refractivity contribution in [3.8, 4) is 5.88 Å². The maximum absolute atomic E-state index is 12.9. The largest absolute Gasteiger partial charge is 0.476 e. The zero-order valence-corrected chi connectivity index (χ0v) is 21.4. The van der Waals surface area contributed by atoms with E-state index in [9.17, 15) is 14.7 Å². The molecule has 1 amide bonds. The molecule has 0 spiro atoms. The van der Waals surface area contributed by atoms with Gasteiger partial charge in [0.05, 0.1) is 18.8 Å². The number of rotatable bonds is 10. The summed E-state index contributed by atoms with van der Waals surface area (Å²) in [5, 5.41) is 16.5. The highest BCUT2D eigenvalue weighted by atomic mass is 127. The zero-order chi connectivity index (χ0) is 24.6. The van der Waals surface area contributed by atoms with Gasteiger partial charge in [0.1, 0.15) is 13.2 Å². The molecule has 2 aromatic carbocycles. The van der Waals surface area contributed by atoms with Gasteiger partial charge < -0.3 is 19.9 Å². The number of ether oxygens (including phenoxy) is 2. The SMILES string of the molecule is O=C(Cn1nc(C(=O)O)cc1OCc1ccccc1I)N[C@H]1CCCC[C@@H]1OCc1ccccc1. The fourth-order valence-corrected chi connectivity index (χ4v) is 4.67. The number of carbonyl (C=O) groups is 2. The predicted octanol–water partition coefficient (Wildman–Crippen LogP) is 4.41. The molecule has 1 fully saturated rings. The Labute approximate surface area is 217 Å². The molecule has 0 bridgehead atoms. The molecule has 0 radical (unpaired) electrons. The van der Waals surface area contributed by atoms with Crippen molar-refractivity contribution in [2.75, 3.05) is 0 Å². The third-order valence-electron chi connectivity index (χ3n) is 5.94. The number of hydrogen-bond donors (Lipinski definition) is 2. The smallest absolute Gasteiger partial charge is 0.356 e. The van der Waals surface area contributed by atoms with E-state index in [-0.39, 0.29) is 42.8 Å². The number of aromatic carboxylic acids is 1. The van der Waals surface area contributed by atoms with Crippen LogP contribution in [0.5, 0.6) is 5.88 Å². The lowest BCUT2D eigenvalue weighted by molar-refractivity contribution is -0.124. The summed E-state index contributed by atoms with van der Waals surface area (Å²) in [6.45, 7) is 0.592. The van der Waals surface area contributed by atoms with Gasteiger partial charge >= 0.3 is 5.97 Å². The van der Waals surface area contributed by atoms with E-state index in [1.165, 1.54) is 10.7 Å². The van der Waals surface area contributed by atoms with Crippen LogP contribution in [0.2, 0.25) is 0 Å². The van der Waals surface area contributed by atoms with Crippen molar-refractivity contribution < 1.29 is 24.2 Å². The van der Waals surface area contributed by atoms with Crippen LogP contribution in [0.1, 0.15) is 47.3 Å². The molecule has 184 valence electrons. The second kappa shape index (κ2) is 12.2. The van der Waals surface area contributed by atoms with Gasteiger partial charge in [-0.1, -0.05) is 61.4 Å². The number of amides is 1. The van der Waals surface area contributed by atoms with E-state index in [4.69, 9.17) is 9.47 Å². The van der Waals surface area contributed by atoms with E-state index < -0.39 is 5.97 Å². The lowest BCUT2D eigenvalue weighted by atomic mass is 9.92. The van der Waals surface area contributed by atoms with E-state index in [0.717, 1.165) is 40.4 Å². The number of benzene rings is 2. The summed E-state index contributed by atoms with van der Waals surface area (Å²) in [7, 11) is 0. The van der Waals surface area contributed by atoms with Crippen LogP contribution in [0.3, 0.4) is 0 Å². The average Bonchev–Trinajstić information content (AvgIpc) is 3.26. The number of nitrogens with zero attached hydrogens (tertiary/aromatic N) is 2. The molecule has 2 N–H and O–H groups in total. The van der Waals surface area contributed by atoms with E-state index in [2.05, 4.69) is 33.0 Å². The predicted molar refractivity (Wildman–Crippen MR) is 138 cm³/mol. The number of nitrogens with one attached hydrogen (secondary N) is 1. The number of aromatic nitrogens is 2. The third kappa shape index (κ3) is 7.04. The number of carboxylic acid groups (broad SMARTS) is 1. The first kappa shape index (κ1) is 25.2. The van der Waals surface area contributed by atoms with Gasteiger partial charge in [0.2, 0.25) is 11.8 Å². The van der Waals surface area contributed by atoms with Gasteiger partial charge in [-0.25, -0.2) is 9.48 Å². The number of hydrogen-bond acceptors (Lipinski definition) is 5. The Balaban J connectivity index is 1.39. The highest BCUT2D eigenvalue weighted by molar-refractivity contribution is 14.1. The molecular weight excluding hydrogens is 561 g/mol. The Hall–Kier alpha value is -2.92. The van der Waals surface area contributed by atoms with Gasteiger partial charge in [-0.05, 0) is 47.1 Å². The Morgan fingerprint density at radius 1 is 1.06 bits per heavy atom. The fourth-order valence-electron chi connectivity index (χ4n) is 4.13. The van der Waals surface area contributed by atoms with E-state index in [0.29, 0.717) is 6.61 Å². The Kier molecular flexibility index (Phi) is 8.75. The molecule has 1 aliphatic rings. The summed E-state index contributed by atoms with van der Waals surface area (Å²) in [5.41, 5.74) is 1.89. The zero-order valence-electron chi connectivity index (χ0n) is 19.2. The van der Waals surface area contributed by atoms with Crippen molar-refractivity contribution in [3.05, 3.63) is 81.1 Å². The van der Waals surface area contributed by atoms with Crippen molar-refractivity contribution in [2.24, 2.45) is 0 Å². The molecule has 1 aliphatic carbocycles. The van der Waals surface area contributed by atoms with Crippen LogP contribution < -0.4 is 10.1 Å². The quantitative estimate of drug-likeness (QED) is 0.340. The van der Waals surface area contributed by atoms with Crippen molar-refractivity contribution in [2.45, 2.75) is 57.6 Å². The Morgan fingerprint density at radius 2 is 1.80 bits per heavy atom. The second-order valence-corrected chi connectivity index (χ2v) is 9.67. The molecular formula is C26H28IN3O5. The number of carboxylic acids is 1. The standard InChI is InChI=1S/C26H28IN3O5/c27-20-11-5-4-10-19(20)17-35-25-14-22(26(32)33)29-30(25)15-24(31)28-21-12-6-7-13-23(21)34-16-18-8-2-1-3-9-18/h1-5,8-11,14,21,23H,6-7,12-13,15-17H2,(H,28,31)(H,32,33)/t21-,23-/m0/s1. The minimum atomic E-state index is -1.18. The van der Waals surface area contributed by atoms with Crippen LogP contribution in [-0.4, -0.2) is 38.9 Å². The number of carbonyl (C=O) groups excluding carboxylic acids is 1. The summed E-state index contributed by atoms with van der Waals surface area (Å²) >= 11 is 2.22. The van der Waals surface area contributed by atoms with Crippen molar-refractivity contribution in [1.29, 1.82) is 0 Å². The van der Waals surface area contributed by atoms with Crippen LogP contribution in [-0.2, 0) is 29.3 Å². The third-order valence-corrected chi connectivity index (χ3v) is 7.00. The topological polar surface area (TPSA) is 103 Å². The molecule has 0 unspecified atom stereocenters. The first-order chi connectivity index (χ1) is 17.0. The van der Waals surface area contributed by atoms with Gasteiger partial charge in [0, 0.05) is 15.2 Å². The van der Waals surface area contributed by atoms with Crippen LogP contribution in [0.15, 0.2) is 60.7 Å². The molecule has 0 aliphatic heterocycles. The monoisotopic (exact) mass is 589 g/mol. The Morgan fingerprint density at radius 3 is 2.57 bits per heavy atom. The first-order valence-corrected chi connectivity index (χ1v) is 12.7. The second-order valence-electron chi connectivity index (χ2n) is 8.50. The first-order valence-electron chi connectivity index (χ1n) is 11.6. The summed E-state index contributed by atoms with van der Waals surface area (Å²) in [4.78, 5) is 24.4. The molecule has 0 saturated heterocycles. The average molecular weight is 589 g/mol. The van der Waals surface area contributed by atoms with E-state index in [1.807, 2.05) is 54.6 Å². The summed E-state index contributed by atoms with van der Waals surface area (Å²) < 4.78 is 14.3. The minimum absolute atomic E-state index is 0.0732. The number of halogens is 1. The van der Waals surface area contributed by atoms with Crippen molar-refractivity contribution >= 4 is 34.5 Å². The van der Waals surface area contributed by atoms with E-state index in [1.54, 1.807) is 0 Å². The van der Waals surface area contributed by atoms with Gasteiger partial charge in [0.25, 0.3) is 0 Å². The fraction of sp³-hybridized carbons (Fsp3) is 0.346. The Bertz CT molecular complexity index is 1150. The van der Waals surface area contributed by atoms with Crippen LogP contribution in [0.25, 0.3) is 0 Å². The highest BCUT2D eigenvalue weighted by Crippen LogP contribution is 2.23. The lowest BCUT2D eigenvalue weighted by Gasteiger charge is -2.32. The summed E-state index contributed by atoms with van der Waals surface area (Å²) in [6.07, 6.45) is 3.72. The molecule has 1 heterocycles. The maximum Gasteiger partial charge on any atom is 0.356 e. The van der Waals surface area contributed by atoms with Gasteiger partial charge in [-0.3, -0.25) is 4.79 Å². The highest BCUT2D eigenvalue weighted by Gasteiger charge is 2.28. The molecule has 4 rings (SSSR count). The van der Waals surface area contributed by atoms with Crippen LogP contribution >= 0.6 is 22.6 Å². The molecule has 9 heteroatoms. The molecule has 2 atom stereocenters. The summed E-state index contributed by atoms with van der Waals surface area (Å²) in [6, 6.07) is 19.0. The van der Waals surface area contributed by atoms with E-state index >= 15 is 0 Å². The molecule has 1 aromatic heterocycles. The normalized spacial score (nSPS) is 17.6. The van der Waals surface area contributed by atoms with Gasteiger partial charge in [-0.15, -0.1) is 0 Å². The molecule has 35 heavy (non-hydrogen) atoms.